The van der Waals surface area contributed by atoms with Crippen LogP contribution in [0.4, 0.5) is 0 Å². The van der Waals surface area contributed by atoms with Crippen LogP contribution in [0.1, 0.15) is 0 Å². The van der Waals surface area contributed by atoms with Crippen molar-refractivity contribution in [1.82, 2.24) is 9.97 Å². The second kappa shape index (κ2) is 5.07. The summed E-state index contributed by atoms with van der Waals surface area (Å²) in [6, 6.07) is 21.3. The Kier molecular flexibility index (Phi) is 3.13. The minimum Gasteiger partial charge on any atom is -0.339 e. The number of H-pyrrole nitrogens is 1. The molecule has 2 aromatic carbocycles. The highest BCUT2D eigenvalue weighted by molar-refractivity contribution is 6.90. The Morgan fingerprint density at radius 3 is 2.30 bits per heavy atom. The topological polar surface area (TPSA) is 28.7 Å². The first kappa shape index (κ1) is 14.2. The number of nitrogens with zero attached hydrogens (tertiary/aromatic N) is 1. The van der Waals surface area contributed by atoms with Crippen molar-refractivity contribution in [3.05, 3.63) is 60.7 Å². The van der Waals surface area contributed by atoms with Gasteiger partial charge in [-0.3, -0.25) is 0 Å². The molecule has 0 fully saturated rings. The van der Waals surface area contributed by atoms with Gasteiger partial charge in [0.15, 0.2) is 0 Å². The zero-order chi connectivity index (χ0) is 16.0. The van der Waals surface area contributed by atoms with Crippen LogP contribution >= 0.6 is 0 Å². The summed E-state index contributed by atoms with van der Waals surface area (Å²) in [5.41, 5.74) is 4.40. The fourth-order valence-corrected chi connectivity index (χ4v) is 4.77. The fraction of sp³-hybridized carbons (Fsp3) is 0.150. The van der Waals surface area contributed by atoms with Crippen LogP contribution in [0, 0.1) is 0 Å². The Morgan fingerprint density at radius 1 is 0.870 bits per heavy atom. The van der Waals surface area contributed by atoms with E-state index in [1.807, 2.05) is 6.07 Å². The summed E-state index contributed by atoms with van der Waals surface area (Å²) in [7, 11) is -1.50. The maximum Gasteiger partial charge on any atom is 0.138 e. The number of nitrogens with one attached hydrogen (secondary N) is 1. The standard InChI is InChI=1S/C20H20N2Si/c1-23(2,3)18-13-17(14-9-5-4-6-10-14)22-20-19(18)15-11-7-8-12-16(15)21-20/h4-13H,1-3H3,(H,21,22). The van der Waals surface area contributed by atoms with Gasteiger partial charge in [-0.15, -0.1) is 0 Å². The van der Waals surface area contributed by atoms with Gasteiger partial charge in [-0.05, 0) is 17.3 Å². The fourth-order valence-electron chi connectivity index (χ4n) is 3.19. The lowest BCUT2D eigenvalue weighted by Crippen LogP contribution is -2.38. The van der Waals surface area contributed by atoms with Gasteiger partial charge in [-0.25, -0.2) is 4.98 Å². The Balaban J connectivity index is 2.12. The number of pyridine rings is 1. The number of hydrogen-bond acceptors (Lipinski definition) is 1. The number of hydrogen-bond donors (Lipinski definition) is 1. The van der Waals surface area contributed by atoms with Crippen molar-refractivity contribution in [3.63, 3.8) is 0 Å². The zero-order valence-corrected chi connectivity index (χ0v) is 14.7. The molecule has 2 nitrogen and oxygen atoms in total. The lowest BCUT2D eigenvalue weighted by Gasteiger charge is -2.19. The molecule has 0 aliphatic rings. The van der Waals surface area contributed by atoms with E-state index < -0.39 is 8.07 Å². The summed E-state index contributed by atoms with van der Waals surface area (Å²) in [5.74, 6) is 0. The number of fused-ring (bicyclic) bond motifs is 3. The van der Waals surface area contributed by atoms with E-state index in [9.17, 15) is 0 Å². The minimum atomic E-state index is -1.50. The van der Waals surface area contributed by atoms with Crippen molar-refractivity contribution in [1.29, 1.82) is 0 Å². The molecular formula is C20H20N2Si. The van der Waals surface area contributed by atoms with Crippen molar-refractivity contribution in [2.75, 3.05) is 0 Å². The van der Waals surface area contributed by atoms with Crippen molar-refractivity contribution in [3.8, 4) is 11.3 Å². The van der Waals surface area contributed by atoms with Gasteiger partial charge in [0.1, 0.15) is 5.65 Å². The molecule has 0 saturated heterocycles. The summed E-state index contributed by atoms with van der Waals surface area (Å²) < 4.78 is 0. The molecule has 1 N–H and O–H groups in total. The number of benzene rings is 2. The van der Waals surface area contributed by atoms with Crippen molar-refractivity contribution >= 4 is 35.2 Å². The maximum atomic E-state index is 4.92. The summed E-state index contributed by atoms with van der Waals surface area (Å²) in [4.78, 5) is 8.44. The molecule has 2 aromatic heterocycles. The van der Waals surface area contributed by atoms with E-state index in [4.69, 9.17) is 4.98 Å². The monoisotopic (exact) mass is 316 g/mol. The second-order valence-electron chi connectivity index (χ2n) is 7.07. The molecule has 0 atom stereocenters. The molecule has 4 rings (SSSR count). The Morgan fingerprint density at radius 2 is 1.57 bits per heavy atom. The van der Waals surface area contributed by atoms with Crippen molar-refractivity contribution in [2.24, 2.45) is 0 Å². The van der Waals surface area contributed by atoms with Crippen molar-refractivity contribution < 1.29 is 0 Å². The van der Waals surface area contributed by atoms with Gasteiger partial charge in [0.25, 0.3) is 0 Å². The van der Waals surface area contributed by atoms with E-state index in [0.29, 0.717) is 0 Å². The first-order valence-electron chi connectivity index (χ1n) is 8.01. The van der Waals surface area contributed by atoms with E-state index in [0.717, 1.165) is 11.3 Å². The zero-order valence-electron chi connectivity index (χ0n) is 13.7. The van der Waals surface area contributed by atoms with Crippen LogP contribution in [-0.4, -0.2) is 18.0 Å². The molecule has 0 aliphatic heterocycles. The molecular weight excluding hydrogens is 296 g/mol. The van der Waals surface area contributed by atoms with Crippen LogP contribution in [0.2, 0.25) is 19.6 Å². The third-order valence-corrected chi connectivity index (χ3v) is 6.36. The normalized spacial score (nSPS) is 12.1. The largest absolute Gasteiger partial charge is 0.339 e. The molecule has 0 bridgehead atoms. The van der Waals surface area contributed by atoms with Crippen LogP contribution in [0.25, 0.3) is 33.2 Å². The van der Waals surface area contributed by atoms with E-state index in [1.54, 1.807) is 0 Å². The second-order valence-corrected chi connectivity index (χ2v) is 12.1. The Bertz CT molecular complexity index is 995. The smallest absolute Gasteiger partial charge is 0.138 e. The maximum absolute atomic E-state index is 4.92. The molecule has 0 spiro atoms. The van der Waals surface area contributed by atoms with E-state index in [1.165, 1.54) is 27.0 Å². The SMILES string of the molecule is C[Si](C)(C)c1cc(-c2ccccc2)nc2[nH]c3ccccc3c12. The van der Waals surface area contributed by atoms with E-state index in [2.05, 4.69) is 79.2 Å². The van der Waals surface area contributed by atoms with Crippen molar-refractivity contribution in [2.45, 2.75) is 19.6 Å². The predicted molar refractivity (Wildman–Crippen MR) is 102 cm³/mol. The van der Waals surface area contributed by atoms with Crippen LogP contribution < -0.4 is 5.19 Å². The van der Waals surface area contributed by atoms with Gasteiger partial charge in [0.05, 0.1) is 13.8 Å². The quantitative estimate of drug-likeness (QED) is 0.522. The summed E-state index contributed by atoms with van der Waals surface area (Å²) in [6.45, 7) is 7.20. The number of rotatable bonds is 2. The van der Waals surface area contributed by atoms with Crippen LogP contribution in [-0.2, 0) is 0 Å². The van der Waals surface area contributed by atoms with Gasteiger partial charge in [0.2, 0.25) is 0 Å². The molecule has 0 saturated carbocycles. The van der Waals surface area contributed by atoms with E-state index in [-0.39, 0.29) is 0 Å². The molecule has 0 aliphatic carbocycles. The summed E-state index contributed by atoms with van der Waals surface area (Å²) in [5, 5.41) is 4.06. The van der Waals surface area contributed by atoms with Gasteiger partial charge in [-0.2, -0.15) is 0 Å². The van der Waals surface area contributed by atoms with Gasteiger partial charge >= 0.3 is 0 Å². The first-order valence-corrected chi connectivity index (χ1v) is 11.5. The number of aromatic nitrogens is 2. The highest BCUT2D eigenvalue weighted by Crippen LogP contribution is 2.27. The van der Waals surface area contributed by atoms with Crippen LogP contribution in [0.5, 0.6) is 0 Å². The van der Waals surface area contributed by atoms with Crippen LogP contribution in [0.3, 0.4) is 0 Å². The average Bonchev–Trinajstić information content (AvgIpc) is 2.92. The van der Waals surface area contributed by atoms with Gasteiger partial charge in [0, 0.05) is 21.9 Å². The molecule has 0 unspecified atom stereocenters. The molecule has 2 heterocycles. The Labute approximate surface area is 137 Å². The van der Waals surface area contributed by atoms with Gasteiger partial charge < -0.3 is 4.98 Å². The number of aromatic amines is 1. The molecule has 0 amide bonds. The number of para-hydroxylation sites is 1. The lowest BCUT2D eigenvalue weighted by atomic mass is 10.1. The third kappa shape index (κ3) is 2.37. The minimum absolute atomic E-state index is 1.00. The molecule has 3 heteroatoms. The van der Waals surface area contributed by atoms with E-state index >= 15 is 0 Å². The molecule has 23 heavy (non-hydrogen) atoms. The lowest BCUT2D eigenvalue weighted by molar-refractivity contribution is 1.35. The molecule has 4 aromatic rings. The predicted octanol–water partition coefficient (Wildman–Crippen LogP) is 4.93. The van der Waals surface area contributed by atoms with Crippen LogP contribution in [0.15, 0.2) is 60.7 Å². The highest BCUT2D eigenvalue weighted by atomic mass is 28.3. The third-order valence-electron chi connectivity index (χ3n) is 4.35. The summed E-state index contributed by atoms with van der Waals surface area (Å²) in [6.07, 6.45) is 0. The molecule has 114 valence electrons. The highest BCUT2D eigenvalue weighted by Gasteiger charge is 2.23. The first-order chi connectivity index (χ1) is 11.0. The average molecular weight is 316 g/mol. The van der Waals surface area contributed by atoms with Gasteiger partial charge in [-0.1, -0.05) is 68.2 Å². The molecule has 0 radical (unpaired) electrons. The summed E-state index contributed by atoms with van der Waals surface area (Å²) >= 11 is 0. The Hall–Kier alpha value is -2.39.